The molecule has 1 aliphatic heterocycles. The van der Waals surface area contributed by atoms with E-state index in [1.54, 1.807) is 13.8 Å². The van der Waals surface area contributed by atoms with Crippen molar-refractivity contribution in [2.75, 3.05) is 18.5 Å². The normalized spacial score (nSPS) is 15.7. The summed E-state index contributed by atoms with van der Waals surface area (Å²) in [6, 6.07) is 9.30. The van der Waals surface area contributed by atoms with Gasteiger partial charge in [-0.25, -0.2) is 9.59 Å². The molecule has 3 rings (SSSR count). The van der Waals surface area contributed by atoms with Gasteiger partial charge in [-0.15, -0.1) is 11.3 Å². The van der Waals surface area contributed by atoms with Crippen molar-refractivity contribution in [1.29, 1.82) is 0 Å². The van der Waals surface area contributed by atoms with Gasteiger partial charge in [0.15, 0.2) is 0 Å². The molecule has 2 heterocycles. The molecule has 1 amide bonds. The Morgan fingerprint density at radius 3 is 2.59 bits per heavy atom. The van der Waals surface area contributed by atoms with Crippen LogP contribution in [0.5, 0.6) is 0 Å². The van der Waals surface area contributed by atoms with Gasteiger partial charge in [0.05, 0.1) is 12.2 Å². The molecule has 29 heavy (non-hydrogen) atoms. The SMILES string of the molecule is CCOC(=O)c1c(NC(=O)C2CCCO2)sc(C(=O)OCc2ccccc2)c1C. The van der Waals surface area contributed by atoms with E-state index in [1.165, 1.54) is 0 Å². The van der Waals surface area contributed by atoms with Gasteiger partial charge in [0.25, 0.3) is 5.91 Å². The maximum Gasteiger partial charge on any atom is 0.349 e. The number of anilines is 1. The van der Waals surface area contributed by atoms with E-state index in [-0.39, 0.29) is 34.6 Å². The van der Waals surface area contributed by atoms with Crippen molar-refractivity contribution >= 4 is 34.2 Å². The molecule has 1 atom stereocenters. The quantitative estimate of drug-likeness (QED) is 0.691. The maximum atomic E-state index is 12.6. The van der Waals surface area contributed by atoms with Crippen LogP contribution in [0.25, 0.3) is 0 Å². The first kappa shape index (κ1) is 21.0. The van der Waals surface area contributed by atoms with Crippen LogP contribution in [-0.4, -0.2) is 37.2 Å². The van der Waals surface area contributed by atoms with Gasteiger partial charge in [0.2, 0.25) is 0 Å². The van der Waals surface area contributed by atoms with Gasteiger partial charge < -0.3 is 19.5 Å². The Kier molecular flexibility index (Phi) is 7.00. The van der Waals surface area contributed by atoms with Gasteiger partial charge in [-0.1, -0.05) is 30.3 Å². The summed E-state index contributed by atoms with van der Waals surface area (Å²) in [5.41, 5.74) is 1.46. The molecular weight excluding hydrogens is 394 g/mol. The van der Waals surface area contributed by atoms with Crippen LogP contribution < -0.4 is 5.32 Å². The average molecular weight is 417 g/mol. The van der Waals surface area contributed by atoms with Crippen LogP contribution in [0.2, 0.25) is 0 Å². The van der Waals surface area contributed by atoms with Gasteiger partial charge in [0, 0.05) is 6.61 Å². The smallest absolute Gasteiger partial charge is 0.349 e. The molecular formula is C21H23NO6S. The highest BCUT2D eigenvalue weighted by molar-refractivity contribution is 7.18. The van der Waals surface area contributed by atoms with Crippen LogP contribution in [0.1, 0.15) is 50.9 Å². The highest BCUT2D eigenvalue weighted by Crippen LogP contribution is 2.35. The Hall–Kier alpha value is -2.71. The largest absolute Gasteiger partial charge is 0.462 e. The third kappa shape index (κ3) is 5.02. The molecule has 7 nitrogen and oxygen atoms in total. The monoisotopic (exact) mass is 417 g/mol. The number of rotatable bonds is 7. The van der Waals surface area contributed by atoms with Gasteiger partial charge in [-0.3, -0.25) is 4.79 Å². The number of benzene rings is 1. The number of carbonyl (C=O) groups is 3. The number of hydrogen-bond acceptors (Lipinski definition) is 7. The third-order valence-corrected chi connectivity index (χ3v) is 5.67. The molecule has 1 fully saturated rings. The van der Waals surface area contributed by atoms with E-state index in [9.17, 15) is 14.4 Å². The Bertz CT molecular complexity index is 886. The maximum absolute atomic E-state index is 12.6. The molecule has 0 aliphatic carbocycles. The van der Waals surface area contributed by atoms with Crippen molar-refractivity contribution in [2.24, 2.45) is 0 Å². The van der Waals surface area contributed by atoms with Crippen molar-refractivity contribution in [2.45, 2.75) is 39.4 Å². The Morgan fingerprint density at radius 1 is 1.17 bits per heavy atom. The van der Waals surface area contributed by atoms with Crippen molar-refractivity contribution in [3.05, 3.63) is 51.9 Å². The Labute approximate surface area is 173 Å². The first-order valence-electron chi connectivity index (χ1n) is 9.45. The predicted molar refractivity (Wildman–Crippen MR) is 108 cm³/mol. The Morgan fingerprint density at radius 2 is 1.93 bits per heavy atom. The zero-order valence-electron chi connectivity index (χ0n) is 16.4. The highest BCUT2D eigenvalue weighted by Gasteiger charge is 2.30. The molecule has 154 valence electrons. The molecule has 1 N–H and O–H groups in total. The van der Waals surface area contributed by atoms with Gasteiger partial charge >= 0.3 is 11.9 Å². The third-order valence-electron chi connectivity index (χ3n) is 4.48. The van der Waals surface area contributed by atoms with Crippen molar-refractivity contribution in [3.8, 4) is 0 Å². The number of nitrogens with one attached hydrogen (secondary N) is 1. The van der Waals surface area contributed by atoms with Gasteiger partial charge in [-0.05, 0) is 37.8 Å². The predicted octanol–water partition coefficient (Wildman–Crippen LogP) is 3.71. The number of ether oxygens (including phenoxy) is 3. The highest BCUT2D eigenvalue weighted by atomic mass is 32.1. The second-order valence-corrected chi connectivity index (χ2v) is 7.55. The van der Waals surface area contributed by atoms with Crippen LogP contribution >= 0.6 is 11.3 Å². The second-order valence-electron chi connectivity index (χ2n) is 6.53. The molecule has 1 aliphatic rings. The summed E-state index contributed by atoms with van der Waals surface area (Å²) in [5.74, 6) is -1.48. The van der Waals surface area contributed by atoms with E-state index >= 15 is 0 Å². The molecule has 8 heteroatoms. The van der Waals surface area contributed by atoms with E-state index in [2.05, 4.69) is 5.32 Å². The lowest BCUT2D eigenvalue weighted by molar-refractivity contribution is -0.124. The summed E-state index contributed by atoms with van der Waals surface area (Å²) >= 11 is 1.01. The fourth-order valence-corrected chi connectivity index (χ4v) is 4.10. The summed E-state index contributed by atoms with van der Waals surface area (Å²) in [7, 11) is 0. The summed E-state index contributed by atoms with van der Waals surface area (Å²) < 4.78 is 15.9. The summed E-state index contributed by atoms with van der Waals surface area (Å²) in [6.45, 7) is 4.16. The number of hydrogen-bond donors (Lipinski definition) is 1. The van der Waals surface area contributed by atoms with E-state index in [0.717, 1.165) is 23.3 Å². The van der Waals surface area contributed by atoms with E-state index < -0.39 is 18.0 Å². The molecule has 0 radical (unpaired) electrons. The van der Waals surface area contributed by atoms with Crippen LogP contribution in [0, 0.1) is 6.92 Å². The lowest BCUT2D eigenvalue weighted by atomic mass is 10.1. The number of amides is 1. The minimum Gasteiger partial charge on any atom is -0.462 e. The standard InChI is InChI=1S/C21H23NO6S/c1-3-26-20(24)16-13(2)17(21(25)28-12-14-8-5-4-6-9-14)29-19(16)22-18(23)15-10-7-11-27-15/h4-6,8-9,15H,3,7,10-12H2,1-2H3,(H,22,23). The van der Waals surface area contributed by atoms with Crippen LogP contribution in [0.3, 0.4) is 0 Å². The number of carbonyl (C=O) groups excluding carboxylic acids is 3. The van der Waals surface area contributed by atoms with Crippen LogP contribution in [0.15, 0.2) is 30.3 Å². The van der Waals surface area contributed by atoms with Crippen molar-refractivity contribution in [1.82, 2.24) is 0 Å². The summed E-state index contributed by atoms with van der Waals surface area (Å²) in [4.78, 5) is 37.8. The van der Waals surface area contributed by atoms with Gasteiger partial charge in [0.1, 0.15) is 22.6 Å². The molecule has 0 bridgehead atoms. The molecule has 1 saturated heterocycles. The molecule has 2 aromatic rings. The lowest BCUT2D eigenvalue weighted by Gasteiger charge is -2.10. The number of esters is 2. The molecule has 1 unspecified atom stereocenters. The second kappa shape index (κ2) is 9.67. The first-order valence-corrected chi connectivity index (χ1v) is 10.3. The average Bonchev–Trinajstić information content (AvgIpc) is 3.35. The minimum absolute atomic E-state index is 0.114. The van der Waals surface area contributed by atoms with Crippen molar-refractivity contribution < 1.29 is 28.6 Å². The topological polar surface area (TPSA) is 90.9 Å². The molecule has 1 aromatic heterocycles. The van der Waals surface area contributed by atoms with Crippen LogP contribution in [0.4, 0.5) is 5.00 Å². The van der Waals surface area contributed by atoms with E-state index in [4.69, 9.17) is 14.2 Å². The van der Waals surface area contributed by atoms with Crippen molar-refractivity contribution in [3.63, 3.8) is 0 Å². The fraction of sp³-hybridized carbons (Fsp3) is 0.381. The molecule has 0 spiro atoms. The first-order chi connectivity index (χ1) is 14.0. The zero-order valence-corrected chi connectivity index (χ0v) is 17.2. The number of thiophene rings is 1. The lowest BCUT2D eigenvalue weighted by Crippen LogP contribution is -2.27. The summed E-state index contributed by atoms with van der Waals surface area (Å²) in [5, 5.41) is 3.00. The minimum atomic E-state index is -0.592. The Balaban J connectivity index is 1.81. The van der Waals surface area contributed by atoms with Crippen LogP contribution in [-0.2, 0) is 25.6 Å². The van der Waals surface area contributed by atoms with Gasteiger partial charge in [-0.2, -0.15) is 0 Å². The van der Waals surface area contributed by atoms with E-state index in [1.807, 2.05) is 30.3 Å². The molecule has 1 aromatic carbocycles. The zero-order chi connectivity index (χ0) is 20.8. The fourth-order valence-electron chi connectivity index (χ4n) is 3.01. The van der Waals surface area contributed by atoms with E-state index in [0.29, 0.717) is 18.6 Å². The summed E-state index contributed by atoms with van der Waals surface area (Å²) in [6.07, 6.45) is 0.876. The molecule has 0 saturated carbocycles.